The zero-order chi connectivity index (χ0) is 19.6. The number of unbranched alkanes of at least 4 members (excludes halogenated alkanes) is 1. The van der Waals surface area contributed by atoms with Crippen molar-refractivity contribution in [1.29, 1.82) is 0 Å². The highest BCUT2D eigenvalue weighted by Crippen LogP contribution is 2.13. The van der Waals surface area contributed by atoms with E-state index in [4.69, 9.17) is 4.74 Å². The van der Waals surface area contributed by atoms with Gasteiger partial charge >= 0.3 is 0 Å². The summed E-state index contributed by atoms with van der Waals surface area (Å²) in [5, 5.41) is 6.69. The second kappa shape index (κ2) is 10.7. The van der Waals surface area contributed by atoms with Gasteiger partial charge in [-0.15, -0.1) is 0 Å². The highest BCUT2D eigenvalue weighted by Gasteiger charge is 2.27. The number of benzene rings is 1. The number of aliphatic imine (C=N–C) groups is 1. The average Bonchev–Trinajstić information content (AvgIpc) is 3.12. The highest BCUT2D eigenvalue weighted by atomic mass is 19.1. The number of carbonyl (C=O) groups is 1. The lowest BCUT2D eigenvalue weighted by Crippen LogP contribution is -2.45. The minimum absolute atomic E-state index is 0.0401. The SMILES string of the molecule is CN=C(NCCCCOc1ccc(F)cc1)NC1CCN(C(=O)C(C)C)C1. The van der Waals surface area contributed by atoms with Gasteiger partial charge in [0.05, 0.1) is 6.61 Å². The van der Waals surface area contributed by atoms with E-state index in [2.05, 4.69) is 15.6 Å². The zero-order valence-corrected chi connectivity index (χ0v) is 16.5. The van der Waals surface area contributed by atoms with Gasteiger partial charge in [-0.3, -0.25) is 9.79 Å². The summed E-state index contributed by atoms with van der Waals surface area (Å²) in [5.74, 6) is 1.44. The molecule has 1 fully saturated rings. The standard InChI is InChI=1S/C20H31FN4O2/c1-15(2)19(26)25-12-10-17(14-25)24-20(22-3)23-11-4-5-13-27-18-8-6-16(21)7-9-18/h6-9,15,17H,4-5,10-14H2,1-3H3,(H2,22,23,24). The molecule has 1 aliphatic heterocycles. The molecular formula is C20H31FN4O2. The van der Waals surface area contributed by atoms with E-state index in [0.717, 1.165) is 44.9 Å². The number of guanidine groups is 1. The molecule has 1 aliphatic rings. The molecule has 0 saturated carbocycles. The summed E-state index contributed by atoms with van der Waals surface area (Å²) in [6.45, 7) is 6.77. The largest absolute Gasteiger partial charge is 0.494 e. The summed E-state index contributed by atoms with van der Waals surface area (Å²) in [6.07, 6.45) is 2.76. The van der Waals surface area contributed by atoms with Crippen molar-refractivity contribution >= 4 is 11.9 Å². The third-order valence-electron chi connectivity index (χ3n) is 4.50. The summed E-state index contributed by atoms with van der Waals surface area (Å²) in [7, 11) is 1.75. The number of likely N-dealkylation sites (tertiary alicyclic amines) is 1. The van der Waals surface area contributed by atoms with Gasteiger partial charge in [-0.25, -0.2) is 4.39 Å². The second-order valence-corrected chi connectivity index (χ2v) is 7.08. The Bertz CT molecular complexity index is 619. The summed E-state index contributed by atoms with van der Waals surface area (Å²) >= 11 is 0. The van der Waals surface area contributed by atoms with Crippen molar-refractivity contribution in [2.45, 2.75) is 39.2 Å². The minimum atomic E-state index is -0.260. The Morgan fingerprint density at radius 2 is 2.07 bits per heavy atom. The first-order chi connectivity index (χ1) is 13.0. The van der Waals surface area contributed by atoms with Gasteiger partial charge in [0.1, 0.15) is 11.6 Å². The molecule has 27 heavy (non-hydrogen) atoms. The van der Waals surface area contributed by atoms with Crippen LogP contribution in [0.4, 0.5) is 4.39 Å². The van der Waals surface area contributed by atoms with Crippen LogP contribution in [0, 0.1) is 11.7 Å². The molecule has 2 rings (SSSR count). The van der Waals surface area contributed by atoms with Crippen LogP contribution in [0.25, 0.3) is 0 Å². The summed E-state index contributed by atoms with van der Waals surface area (Å²) in [4.78, 5) is 18.2. The van der Waals surface area contributed by atoms with Gasteiger partial charge in [-0.2, -0.15) is 0 Å². The number of hydrogen-bond acceptors (Lipinski definition) is 3. The molecule has 0 aromatic heterocycles. The molecular weight excluding hydrogens is 347 g/mol. The lowest BCUT2D eigenvalue weighted by molar-refractivity contribution is -0.133. The lowest BCUT2D eigenvalue weighted by Gasteiger charge is -2.20. The van der Waals surface area contributed by atoms with Crippen LogP contribution in [0.5, 0.6) is 5.75 Å². The predicted octanol–water partition coefficient (Wildman–Crippen LogP) is 2.41. The molecule has 150 valence electrons. The summed E-state index contributed by atoms with van der Waals surface area (Å²) in [6, 6.07) is 6.29. The van der Waals surface area contributed by atoms with E-state index >= 15 is 0 Å². The van der Waals surface area contributed by atoms with E-state index in [1.54, 1.807) is 19.2 Å². The van der Waals surface area contributed by atoms with Gasteiger partial charge in [0, 0.05) is 38.6 Å². The van der Waals surface area contributed by atoms with Gasteiger partial charge < -0.3 is 20.3 Å². The minimum Gasteiger partial charge on any atom is -0.494 e. The van der Waals surface area contributed by atoms with Crippen molar-refractivity contribution in [1.82, 2.24) is 15.5 Å². The predicted molar refractivity (Wildman–Crippen MR) is 105 cm³/mol. The first kappa shape index (κ1) is 21.0. The van der Waals surface area contributed by atoms with E-state index in [1.165, 1.54) is 12.1 Å². The smallest absolute Gasteiger partial charge is 0.225 e. The molecule has 0 aliphatic carbocycles. The Balaban J connectivity index is 1.59. The fourth-order valence-corrected chi connectivity index (χ4v) is 2.99. The Morgan fingerprint density at radius 1 is 1.33 bits per heavy atom. The third kappa shape index (κ3) is 7.07. The van der Waals surface area contributed by atoms with Crippen LogP contribution >= 0.6 is 0 Å². The summed E-state index contributed by atoms with van der Waals surface area (Å²) < 4.78 is 18.4. The molecule has 0 radical (unpaired) electrons. The third-order valence-corrected chi connectivity index (χ3v) is 4.50. The van der Waals surface area contributed by atoms with Crippen molar-refractivity contribution < 1.29 is 13.9 Å². The van der Waals surface area contributed by atoms with Crippen molar-refractivity contribution in [3.63, 3.8) is 0 Å². The van der Waals surface area contributed by atoms with Crippen LogP contribution < -0.4 is 15.4 Å². The van der Waals surface area contributed by atoms with Crippen LogP contribution in [-0.4, -0.2) is 56.1 Å². The maximum absolute atomic E-state index is 12.8. The molecule has 1 aromatic carbocycles. The molecule has 7 heteroatoms. The van der Waals surface area contributed by atoms with Crippen LogP contribution in [-0.2, 0) is 4.79 Å². The number of hydrogen-bond donors (Lipinski definition) is 2. The van der Waals surface area contributed by atoms with Gasteiger partial charge in [-0.1, -0.05) is 13.8 Å². The molecule has 1 saturated heterocycles. The van der Waals surface area contributed by atoms with E-state index < -0.39 is 0 Å². The second-order valence-electron chi connectivity index (χ2n) is 7.08. The monoisotopic (exact) mass is 378 g/mol. The van der Waals surface area contributed by atoms with E-state index in [9.17, 15) is 9.18 Å². The maximum atomic E-state index is 12.8. The molecule has 2 N–H and O–H groups in total. The molecule has 0 spiro atoms. The van der Waals surface area contributed by atoms with E-state index in [-0.39, 0.29) is 23.7 Å². The fourth-order valence-electron chi connectivity index (χ4n) is 2.99. The quantitative estimate of drug-likeness (QED) is 0.414. The van der Waals surface area contributed by atoms with Crippen LogP contribution in [0.15, 0.2) is 29.3 Å². The van der Waals surface area contributed by atoms with Gasteiger partial charge in [0.15, 0.2) is 5.96 Å². The first-order valence-electron chi connectivity index (χ1n) is 9.64. The maximum Gasteiger partial charge on any atom is 0.225 e. The number of ether oxygens (including phenoxy) is 1. The first-order valence-corrected chi connectivity index (χ1v) is 9.64. The van der Waals surface area contributed by atoms with E-state index in [0.29, 0.717) is 12.4 Å². The normalized spacial score (nSPS) is 17.3. The molecule has 6 nitrogen and oxygen atoms in total. The molecule has 1 atom stereocenters. The molecule has 0 bridgehead atoms. The van der Waals surface area contributed by atoms with Crippen molar-refractivity contribution in [3.05, 3.63) is 30.1 Å². The number of carbonyl (C=O) groups excluding carboxylic acids is 1. The number of amides is 1. The van der Waals surface area contributed by atoms with Crippen molar-refractivity contribution in [2.24, 2.45) is 10.9 Å². The fraction of sp³-hybridized carbons (Fsp3) is 0.600. The van der Waals surface area contributed by atoms with Crippen molar-refractivity contribution in [2.75, 3.05) is 33.3 Å². The zero-order valence-electron chi connectivity index (χ0n) is 16.5. The number of nitrogens with zero attached hydrogens (tertiary/aromatic N) is 2. The van der Waals surface area contributed by atoms with Gasteiger partial charge in [-0.05, 0) is 43.5 Å². The Kier molecular flexibility index (Phi) is 8.36. The molecule has 1 aromatic rings. The van der Waals surface area contributed by atoms with Crippen LogP contribution in [0.1, 0.15) is 33.1 Å². The van der Waals surface area contributed by atoms with E-state index in [1.807, 2.05) is 18.7 Å². The highest BCUT2D eigenvalue weighted by molar-refractivity contribution is 5.81. The topological polar surface area (TPSA) is 66.0 Å². The van der Waals surface area contributed by atoms with Gasteiger partial charge in [0.2, 0.25) is 5.91 Å². The summed E-state index contributed by atoms with van der Waals surface area (Å²) in [5.41, 5.74) is 0. The average molecular weight is 378 g/mol. The molecule has 1 amide bonds. The Hall–Kier alpha value is -2.31. The van der Waals surface area contributed by atoms with Crippen LogP contribution in [0.3, 0.4) is 0 Å². The Labute approximate surface area is 161 Å². The number of halogens is 1. The van der Waals surface area contributed by atoms with Crippen LogP contribution in [0.2, 0.25) is 0 Å². The number of nitrogens with one attached hydrogen (secondary N) is 2. The lowest BCUT2D eigenvalue weighted by atomic mass is 10.2. The van der Waals surface area contributed by atoms with Gasteiger partial charge in [0.25, 0.3) is 0 Å². The Morgan fingerprint density at radius 3 is 2.74 bits per heavy atom. The van der Waals surface area contributed by atoms with Crippen molar-refractivity contribution in [3.8, 4) is 5.75 Å². The molecule has 1 heterocycles. The number of rotatable bonds is 8. The molecule has 1 unspecified atom stereocenters.